The molecule has 0 N–H and O–H groups in total. The van der Waals surface area contributed by atoms with Gasteiger partial charge >= 0.3 is 0 Å². The molecule has 0 amide bonds. The van der Waals surface area contributed by atoms with Crippen LogP contribution in [-0.2, 0) is 4.43 Å². The van der Waals surface area contributed by atoms with Crippen LogP contribution >= 0.6 is 0 Å². The highest BCUT2D eigenvalue weighted by Gasteiger charge is 2.28. The second-order valence-corrected chi connectivity index (χ2v) is 12.8. The first kappa shape index (κ1) is 14.3. The van der Waals surface area contributed by atoms with E-state index in [0.717, 1.165) is 0 Å². The van der Waals surface area contributed by atoms with Crippen molar-refractivity contribution >= 4 is 22.4 Å². The molecular formula is C11H26OSi2. The maximum Gasteiger partial charge on any atom is 0.184 e. The summed E-state index contributed by atoms with van der Waals surface area (Å²) in [6.45, 7) is 18.2. The van der Waals surface area contributed by atoms with Crippen LogP contribution in [0.15, 0.2) is 0 Å². The second-order valence-electron chi connectivity index (χ2n) is 5.92. The maximum atomic E-state index is 6.13. The van der Waals surface area contributed by atoms with Crippen molar-refractivity contribution in [1.29, 1.82) is 0 Å². The van der Waals surface area contributed by atoms with E-state index >= 15 is 0 Å². The van der Waals surface area contributed by atoms with Gasteiger partial charge in [0.15, 0.2) is 8.32 Å². The maximum absolute atomic E-state index is 6.13. The van der Waals surface area contributed by atoms with E-state index in [1.54, 1.807) is 0 Å². The van der Waals surface area contributed by atoms with E-state index in [-0.39, 0.29) is 13.8 Å². The van der Waals surface area contributed by atoms with Crippen molar-refractivity contribution in [3.8, 4) is 0 Å². The molecule has 0 aromatic rings. The molecule has 0 saturated heterocycles. The first-order valence-electron chi connectivity index (χ1n) is 5.38. The molecule has 0 saturated carbocycles. The van der Waals surface area contributed by atoms with Gasteiger partial charge < -0.3 is 4.43 Å². The molecule has 0 aliphatic heterocycles. The third-order valence-electron chi connectivity index (χ3n) is 2.24. The van der Waals surface area contributed by atoms with E-state index in [1.807, 2.05) is 0 Å². The SMILES string of the molecule is CC(O[Si](C)(C)C)C(C)(C)C=[Si](C)C. The highest BCUT2D eigenvalue weighted by molar-refractivity contribution is 6.69. The highest BCUT2D eigenvalue weighted by atomic mass is 28.4. The first-order valence-corrected chi connectivity index (χ1v) is 11.4. The Morgan fingerprint density at radius 1 is 1.21 bits per heavy atom. The van der Waals surface area contributed by atoms with Crippen LogP contribution in [0.5, 0.6) is 0 Å². The predicted octanol–water partition coefficient (Wildman–Crippen LogP) is 3.39. The van der Waals surface area contributed by atoms with Gasteiger partial charge in [-0.15, -0.1) is 0 Å². The summed E-state index contributed by atoms with van der Waals surface area (Å²) in [5.41, 5.74) is 2.71. The zero-order chi connectivity index (χ0) is 11.6. The van der Waals surface area contributed by atoms with E-state index < -0.39 is 8.32 Å². The molecule has 0 radical (unpaired) electrons. The number of rotatable bonds is 4. The largest absolute Gasteiger partial charge is 0.414 e. The summed E-state index contributed by atoms with van der Waals surface area (Å²) >= 11 is 0. The minimum absolute atomic E-state index is 0.220. The van der Waals surface area contributed by atoms with Crippen LogP contribution < -0.4 is 0 Å². The van der Waals surface area contributed by atoms with E-state index in [2.05, 4.69) is 59.2 Å². The van der Waals surface area contributed by atoms with Crippen LogP contribution in [0.2, 0.25) is 32.7 Å². The standard InChI is InChI=1S/C11H26OSi2/c1-10(12-14(6,7)8)11(2,3)9-13(4)5/h9-10H,1-8H3. The lowest BCUT2D eigenvalue weighted by Crippen LogP contribution is -2.40. The van der Waals surface area contributed by atoms with Gasteiger partial charge in [0, 0.05) is 5.41 Å². The van der Waals surface area contributed by atoms with E-state index in [4.69, 9.17) is 4.43 Å². The summed E-state index contributed by atoms with van der Waals surface area (Å²) < 4.78 is 6.13. The molecule has 0 rings (SSSR count). The molecule has 3 heteroatoms. The third kappa shape index (κ3) is 5.88. The quantitative estimate of drug-likeness (QED) is 0.673. The Morgan fingerprint density at radius 3 is 1.93 bits per heavy atom. The van der Waals surface area contributed by atoms with Crippen molar-refractivity contribution in [2.24, 2.45) is 5.41 Å². The minimum atomic E-state index is -1.39. The fourth-order valence-electron chi connectivity index (χ4n) is 1.54. The lowest BCUT2D eigenvalue weighted by atomic mass is 9.90. The summed E-state index contributed by atoms with van der Waals surface area (Å²) in [5.74, 6) is 0. The van der Waals surface area contributed by atoms with Gasteiger partial charge in [0.2, 0.25) is 0 Å². The third-order valence-corrected chi connectivity index (χ3v) is 4.62. The Labute approximate surface area is 92.2 Å². The lowest BCUT2D eigenvalue weighted by Gasteiger charge is -2.34. The molecule has 1 unspecified atom stereocenters. The molecule has 0 bridgehead atoms. The van der Waals surface area contributed by atoms with Gasteiger partial charge in [0.25, 0.3) is 0 Å². The van der Waals surface area contributed by atoms with Crippen molar-refractivity contribution in [2.75, 3.05) is 0 Å². The summed E-state index contributed by atoms with van der Waals surface area (Å²) in [4.78, 5) is 0. The van der Waals surface area contributed by atoms with Gasteiger partial charge in [-0.05, 0) is 35.0 Å². The monoisotopic (exact) mass is 230 g/mol. The summed E-state index contributed by atoms with van der Waals surface area (Å²) in [6, 6.07) is 0. The minimum Gasteiger partial charge on any atom is -0.414 e. The Bertz CT molecular complexity index is 210. The van der Waals surface area contributed by atoms with Crippen molar-refractivity contribution in [3.63, 3.8) is 0 Å². The average molecular weight is 230 g/mol. The van der Waals surface area contributed by atoms with Crippen LogP contribution in [0.4, 0.5) is 0 Å². The number of hydrogen-bond acceptors (Lipinski definition) is 1. The molecule has 0 aliphatic carbocycles. The van der Waals surface area contributed by atoms with Gasteiger partial charge in [-0.2, -0.15) is 0 Å². The molecule has 14 heavy (non-hydrogen) atoms. The molecule has 84 valence electrons. The number of hydrogen-bond donors (Lipinski definition) is 0. The smallest absolute Gasteiger partial charge is 0.184 e. The molecule has 1 atom stereocenters. The van der Waals surface area contributed by atoms with Gasteiger partial charge in [-0.1, -0.05) is 32.6 Å². The Morgan fingerprint density at radius 2 is 1.64 bits per heavy atom. The van der Waals surface area contributed by atoms with Crippen LogP contribution in [0.3, 0.4) is 0 Å². The average Bonchev–Trinajstić information content (AvgIpc) is 1.79. The molecule has 1 nitrogen and oxygen atoms in total. The van der Waals surface area contributed by atoms with E-state index in [9.17, 15) is 0 Å². The summed E-state index contributed by atoms with van der Waals surface area (Å²) in [6.07, 6.45) is 0.342. The second kappa shape index (κ2) is 4.86. The van der Waals surface area contributed by atoms with Crippen LogP contribution in [-0.4, -0.2) is 28.5 Å². The molecule has 0 heterocycles. The van der Waals surface area contributed by atoms with Gasteiger partial charge in [0.1, 0.15) is 0 Å². The van der Waals surface area contributed by atoms with Gasteiger partial charge in [0.05, 0.1) is 6.10 Å². The Balaban J connectivity index is 4.52. The van der Waals surface area contributed by atoms with E-state index in [1.165, 1.54) is 0 Å². The zero-order valence-corrected chi connectivity index (χ0v) is 13.1. The fourth-order valence-corrected chi connectivity index (χ4v) is 4.63. The molecule has 0 aromatic heterocycles. The van der Waals surface area contributed by atoms with Crippen LogP contribution in [0.25, 0.3) is 0 Å². The van der Waals surface area contributed by atoms with Crippen molar-refractivity contribution in [3.05, 3.63) is 0 Å². The summed E-state index contributed by atoms with van der Waals surface area (Å²) in [7, 11) is -1.67. The molecule has 0 aromatic carbocycles. The van der Waals surface area contributed by atoms with Gasteiger partial charge in [-0.3, -0.25) is 0 Å². The molecule has 0 aliphatic rings. The molecule has 0 fully saturated rings. The van der Waals surface area contributed by atoms with Crippen LogP contribution in [0.1, 0.15) is 20.8 Å². The molecule has 0 spiro atoms. The topological polar surface area (TPSA) is 9.23 Å². The van der Waals surface area contributed by atoms with E-state index in [0.29, 0.717) is 6.10 Å². The Hall–Kier alpha value is 0.264. The Kier molecular flexibility index (Phi) is 4.95. The zero-order valence-electron chi connectivity index (χ0n) is 11.1. The summed E-state index contributed by atoms with van der Waals surface area (Å²) in [5, 5.41) is 0. The van der Waals surface area contributed by atoms with Crippen molar-refractivity contribution in [1.82, 2.24) is 0 Å². The van der Waals surface area contributed by atoms with Gasteiger partial charge in [-0.25, -0.2) is 0 Å². The highest BCUT2D eigenvalue weighted by Crippen LogP contribution is 2.23. The predicted molar refractivity (Wildman–Crippen MR) is 71.2 cm³/mol. The molecular weight excluding hydrogens is 204 g/mol. The lowest BCUT2D eigenvalue weighted by molar-refractivity contribution is 0.134. The van der Waals surface area contributed by atoms with Crippen molar-refractivity contribution < 1.29 is 4.43 Å². The first-order chi connectivity index (χ1) is 6.04. The van der Waals surface area contributed by atoms with Crippen LogP contribution in [0, 0.1) is 5.41 Å². The van der Waals surface area contributed by atoms with Crippen molar-refractivity contribution in [2.45, 2.75) is 59.6 Å². The normalized spacial score (nSPS) is 15.1. The fraction of sp³-hybridized carbons (Fsp3) is 0.909.